The number of fused-ring (bicyclic) bond motifs is 1. The summed E-state index contributed by atoms with van der Waals surface area (Å²) in [6.07, 6.45) is 3.55. The highest BCUT2D eigenvalue weighted by Gasteiger charge is 2.52. The lowest BCUT2D eigenvalue weighted by Crippen LogP contribution is -2.52. The van der Waals surface area contributed by atoms with Crippen LogP contribution in [0.3, 0.4) is 0 Å². The predicted molar refractivity (Wildman–Crippen MR) is 93.9 cm³/mol. The molecule has 0 radical (unpaired) electrons. The van der Waals surface area contributed by atoms with Crippen molar-refractivity contribution < 1.29 is 14.1 Å². The molecule has 0 saturated carbocycles. The SMILES string of the molecule is CC1(C)OB(c2cnc(N3CCN4C(=O)NCC4C3)nc2)OC1(C)C. The molecule has 8 nitrogen and oxygen atoms in total. The molecule has 3 aliphatic rings. The zero-order chi connectivity index (χ0) is 17.8. The number of urea groups is 1. The number of carbonyl (C=O) groups is 1. The number of anilines is 1. The van der Waals surface area contributed by atoms with Crippen molar-refractivity contribution in [3.63, 3.8) is 0 Å². The third-order valence-electron chi connectivity index (χ3n) is 5.70. The zero-order valence-corrected chi connectivity index (χ0v) is 15.2. The lowest BCUT2D eigenvalue weighted by Gasteiger charge is -2.36. The molecule has 9 heteroatoms. The molecule has 0 bridgehead atoms. The molecule has 3 saturated heterocycles. The summed E-state index contributed by atoms with van der Waals surface area (Å²) in [5, 5.41) is 2.88. The van der Waals surface area contributed by atoms with Crippen LogP contribution in [0.4, 0.5) is 10.7 Å². The smallest absolute Gasteiger partial charge is 0.399 e. The third kappa shape index (κ3) is 2.75. The minimum absolute atomic E-state index is 0.0293. The van der Waals surface area contributed by atoms with E-state index in [1.54, 1.807) is 12.4 Å². The van der Waals surface area contributed by atoms with E-state index in [9.17, 15) is 4.79 Å². The highest BCUT2D eigenvalue weighted by atomic mass is 16.7. The first-order valence-corrected chi connectivity index (χ1v) is 8.74. The van der Waals surface area contributed by atoms with Crippen LogP contribution in [-0.2, 0) is 9.31 Å². The number of hydrogen-bond donors (Lipinski definition) is 1. The Hall–Kier alpha value is -1.87. The van der Waals surface area contributed by atoms with E-state index in [4.69, 9.17) is 9.31 Å². The Morgan fingerprint density at radius 2 is 1.80 bits per heavy atom. The fraction of sp³-hybridized carbons (Fsp3) is 0.688. The predicted octanol–water partition coefficient (Wildman–Crippen LogP) is -0.0104. The van der Waals surface area contributed by atoms with E-state index in [2.05, 4.69) is 20.2 Å². The summed E-state index contributed by atoms with van der Waals surface area (Å²) in [7, 11) is -0.451. The van der Waals surface area contributed by atoms with Crippen LogP contribution in [0.15, 0.2) is 12.4 Å². The van der Waals surface area contributed by atoms with Crippen LogP contribution in [0.2, 0.25) is 0 Å². The second-order valence-electron chi connectivity index (χ2n) is 7.88. The number of nitrogens with one attached hydrogen (secondary N) is 1. The molecule has 1 N–H and O–H groups in total. The van der Waals surface area contributed by atoms with Crippen LogP contribution in [0, 0.1) is 0 Å². The highest BCUT2D eigenvalue weighted by molar-refractivity contribution is 6.61. The molecule has 1 unspecified atom stereocenters. The lowest BCUT2D eigenvalue weighted by molar-refractivity contribution is 0.00578. The van der Waals surface area contributed by atoms with Gasteiger partial charge < -0.3 is 24.4 Å². The maximum absolute atomic E-state index is 11.7. The molecule has 1 atom stereocenters. The van der Waals surface area contributed by atoms with E-state index in [0.717, 1.165) is 18.6 Å². The highest BCUT2D eigenvalue weighted by Crippen LogP contribution is 2.36. The van der Waals surface area contributed by atoms with Crippen LogP contribution in [0.1, 0.15) is 27.7 Å². The van der Waals surface area contributed by atoms with Gasteiger partial charge >= 0.3 is 13.1 Å². The Bertz CT molecular complexity index is 665. The Morgan fingerprint density at radius 1 is 1.16 bits per heavy atom. The van der Waals surface area contributed by atoms with E-state index in [0.29, 0.717) is 19.0 Å². The van der Waals surface area contributed by atoms with Gasteiger partial charge in [0.15, 0.2) is 0 Å². The van der Waals surface area contributed by atoms with Gasteiger partial charge in [0.2, 0.25) is 5.95 Å². The molecule has 1 aromatic heterocycles. The number of nitrogens with zero attached hydrogens (tertiary/aromatic N) is 4. The van der Waals surface area contributed by atoms with Crippen LogP contribution >= 0.6 is 0 Å². The van der Waals surface area contributed by atoms with Crippen molar-refractivity contribution >= 4 is 24.6 Å². The van der Waals surface area contributed by atoms with Gasteiger partial charge in [0, 0.05) is 44.0 Å². The van der Waals surface area contributed by atoms with Crippen LogP contribution in [-0.4, -0.2) is 71.4 Å². The van der Waals surface area contributed by atoms with Crippen molar-refractivity contribution in [3.8, 4) is 0 Å². The van der Waals surface area contributed by atoms with Gasteiger partial charge in [-0.1, -0.05) is 0 Å². The van der Waals surface area contributed by atoms with E-state index in [1.165, 1.54) is 0 Å². The van der Waals surface area contributed by atoms with Crippen molar-refractivity contribution in [1.82, 2.24) is 20.2 Å². The normalized spacial score (nSPS) is 27.4. The Labute approximate surface area is 148 Å². The molecule has 2 amide bonds. The van der Waals surface area contributed by atoms with E-state index < -0.39 is 7.12 Å². The monoisotopic (exact) mass is 345 g/mol. The summed E-state index contributed by atoms with van der Waals surface area (Å²) in [6.45, 7) is 11.0. The van der Waals surface area contributed by atoms with E-state index in [-0.39, 0.29) is 23.3 Å². The Kier molecular flexibility index (Phi) is 3.70. The second kappa shape index (κ2) is 5.57. The Balaban J connectivity index is 1.46. The van der Waals surface area contributed by atoms with Crippen molar-refractivity contribution in [2.75, 3.05) is 31.1 Å². The molecule has 0 aliphatic carbocycles. The minimum atomic E-state index is -0.451. The van der Waals surface area contributed by atoms with Gasteiger partial charge in [-0.05, 0) is 27.7 Å². The molecule has 3 fully saturated rings. The zero-order valence-electron chi connectivity index (χ0n) is 15.2. The molecule has 4 heterocycles. The van der Waals surface area contributed by atoms with Gasteiger partial charge in [0.25, 0.3) is 0 Å². The molecule has 3 aliphatic heterocycles. The average molecular weight is 345 g/mol. The van der Waals surface area contributed by atoms with Crippen LogP contribution in [0.25, 0.3) is 0 Å². The summed E-state index contributed by atoms with van der Waals surface area (Å²) < 4.78 is 12.1. The average Bonchev–Trinajstić information content (AvgIpc) is 3.04. The first-order chi connectivity index (χ1) is 11.8. The second-order valence-corrected chi connectivity index (χ2v) is 7.88. The van der Waals surface area contributed by atoms with Crippen molar-refractivity contribution in [2.24, 2.45) is 0 Å². The van der Waals surface area contributed by atoms with Crippen molar-refractivity contribution in [3.05, 3.63) is 12.4 Å². The van der Waals surface area contributed by atoms with E-state index in [1.807, 2.05) is 32.6 Å². The number of amides is 2. The summed E-state index contributed by atoms with van der Waals surface area (Å²) >= 11 is 0. The summed E-state index contributed by atoms with van der Waals surface area (Å²) in [6, 6.07) is 0.217. The molecular formula is C16H24BN5O3. The number of piperazine rings is 1. The van der Waals surface area contributed by atoms with Gasteiger partial charge in [0.05, 0.1) is 17.2 Å². The number of carbonyl (C=O) groups excluding carboxylic acids is 1. The lowest BCUT2D eigenvalue weighted by atomic mass is 9.81. The molecule has 4 rings (SSSR count). The van der Waals surface area contributed by atoms with Crippen LogP contribution < -0.4 is 15.7 Å². The van der Waals surface area contributed by atoms with Gasteiger partial charge in [0.1, 0.15) is 0 Å². The quantitative estimate of drug-likeness (QED) is 0.760. The summed E-state index contributed by atoms with van der Waals surface area (Å²) in [5.74, 6) is 0.680. The maximum Gasteiger partial charge on any atom is 0.498 e. The largest absolute Gasteiger partial charge is 0.498 e. The first-order valence-electron chi connectivity index (χ1n) is 8.74. The number of rotatable bonds is 2. The van der Waals surface area contributed by atoms with Gasteiger partial charge in [-0.3, -0.25) is 0 Å². The van der Waals surface area contributed by atoms with E-state index >= 15 is 0 Å². The van der Waals surface area contributed by atoms with Gasteiger partial charge in [-0.15, -0.1) is 0 Å². The standard InChI is InChI=1S/C16H24BN5O3/c1-15(2)16(3,4)25-17(24-15)11-7-18-13(19-8-11)21-5-6-22-12(10-21)9-20-14(22)23/h7-8,12H,5-6,9-10H2,1-4H3,(H,20,23). The fourth-order valence-electron chi connectivity index (χ4n) is 3.38. The van der Waals surface area contributed by atoms with Crippen molar-refractivity contribution in [1.29, 1.82) is 0 Å². The molecule has 0 aromatic carbocycles. The Morgan fingerprint density at radius 3 is 2.44 bits per heavy atom. The molecule has 0 spiro atoms. The van der Waals surface area contributed by atoms with Crippen LogP contribution in [0.5, 0.6) is 0 Å². The van der Waals surface area contributed by atoms with Gasteiger partial charge in [-0.25, -0.2) is 14.8 Å². The fourth-order valence-corrected chi connectivity index (χ4v) is 3.38. The first kappa shape index (κ1) is 16.6. The number of aromatic nitrogens is 2. The minimum Gasteiger partial charge on any atom is -0.399 e. The summed E-state index contributed by atoms with van der Waals surface area (Å²) in [5.41, 5.74) is 0.0577. The molecular weight excluding hydrogens is 321 g/mol. The van der Waals surface area contributed by atoms with Gasteiger partial charge in [-0.2, -0.15) is 0 Å². The molecule has 25 heavy (non-hydrogen) atoms. The van der Waals surface area contributed by atoms with Crippen molar-refractivity contribution in [2.45, 2.75) is 44.9 Å². The number of hydrogen-bond acceptors (Lipinski definition) is 6. The maximum atomic E-state index is 11.7. The topological polar surface area (TPSA) is 79.8 Å². The third-order valence-corrected chi connectivity index (χ3v) is 5.70. The molecule has 1 aromatic rings. The summed E-state index contributed by atoms with van der Waals surface area (Å²) in [4.78, 5) is 24.7. The molecule has 134 valence electrons.